The van der Waals surface area contributed by atoms with Gasteiger partial charge in [-0.05, 0) is 23.5 Å². The molecule has 0 saturated carbocycles. The quantitative estimate of drug-likeness (QED) is 0.667. The number of ether oxygens (including phenoxy) is 1. The van der Waals surface area contributed by atoms with Crippen LogP contribution in [-0.4, -0.2) is 63.7 Å². The molecule has 1 fully saturated rings. The second kappa shape index (κ2) is 10.4. The first kappa shape index (κ1) is 22.0. The van der Waals surface area contributed by atoms with E-state index in [4.69, 9.17) is 4.74 Å². The van der Waals surface area contributed by atoms with Crippen LogP contribution in [0.4, 0.5) is 0 Å². The third-order valence-corrected chi connectivity index (χ3v) is 5.18. The topological polar surface area (TPSA) is 67.7 Å². The van der Waals surface area contributed by atoms with Gasteiger partial charge in [0.1, 0.15) is 0 Å². The van der Waals surface area contributed by atoms with Crippen LogP contribution in [0.15, 0.2) is 42.7 Å². The van der Waals surface area contributed by atoms with Crippen LogP contribution in [0.1, 0.15) is 31.4 Å². The Bertz CT molecular complexity index is 834. The number of aromatic nitrogens is 2. The molecular weight excluding hydrogens is 380 g/mol. The van der Waals surface area contributed by atoms with Crippen molar-refractivity contribution in [3.8, 4) is 0 Å². The van der Waals surface area contributed by atoms with E-state index in [0.29, 0.717) is 45.0 Å². The van der Waals surface area contributed by atoms with Crippen molar-refractivity contribution < 1.29 is 14.3 Å². The number of aryl methyl sites for hydroxylation is 2. The summed E-state index contributed by atoms with van der Waals surface area (Å²) in [5.74, 6) is 0.327. The van der Waals surface area contributed by atoms with Gasteiger partial charge in [0.2, 0.25) is 11.8 Å². The first-order valence-corrected chi connectivity index (χ1v) is 10.6. The van der Waals surface area contributed by atoms with Gasteiger partial charge in [-0.3, -0.25) is 14.3 Å². The molecule has 7 nitrogen and oxygen atoms in total. The number of hydrogen-bond donors (Lipinski definition) is 0. The predicted octanol–water partition coefficient (Wildman–Crippen LogP) is 2.26. The van der Waals surface area contributed by atoms with Crippen LogP contribution in [0.2, 0.25) is 0 Å². The van der Waals surface area contributed by atoms with Crippen molar-refractivity contribution in [2.75, 3.05) is 26.2 Å². The Kier molecular flexibility index (Phi) is 7.63. The lowest BCUT2D eigenvalue weighted by molar-refractivity contribution is -0.139. The Morgan fingerprint density at radius 3 is 2.63 bits per heavy atom. The molecule has 1 aromatic heterocycles. The van der Waals surface area contributed by atoms with Gasteiger partial charge in [-0.1, -0.05) is 44.2 Å². The number of hydrogen-bond acceptors (Lipinski definition) is 4. The van der Waals surface area contributed by atoms with Gasteiger partial charge in [-0.15, -0.1) is 0 Å². The maximum atomic E-state index is 12.9. The molecule has 2 amide bonds. The summed E-state index contributed by atoms with van der Waals surface area (Å²) >= 11 is 0. The Morgan fingerprint density at radius 2 is 1.97 bits per heavy atom. The highest BCUT2D eigenvalue weighted by Crippen LogP contribution is 2.14. The van der Waals surface area contributed by atoms with Crippen molar-refractivity contribution in [1.29, 1.82) is 0 Å². The van der Waals surface area contributed by atoms with Gasteiger partial charge >= 0.3 is 0 Å². The van der Waals surface area contributed by atoms with Crippen molar-refractivity contribution in [1.82, 2.24) is 19.6 Å². The fourth-order valence-corrected chi connectivity index (χ4v) is 3.69. The molecule has 1 aromatic carbocycles. The van der Waals surface area contributed by atoms with Gasteiger partial charge in [0, 0.05) is 39.3 Å². The fourth-order valence-electron chi connectivity index (χ4n) is 3.69. The zero-order valence-corrected chi connectivity index (χ0v) is 18.2. The molecule has 1 atom stereocenters. The average molecular weight is 413 g/mol. The van der Waals surface area contributed by atoms with Crippen LogP contribution >= 0.6 is 0 Å². The van der Waals surface area contributed by atoms with E-state index < -0.39 is 0 Å². The molecule has 0 bridgehead atoms. The molecular formula is C23H32N4O3. The molecule has 1 aliphatic heterocycles. The lowest BCUT2D eigenvalue weighted by Crippen LogP contribution is -2.40. The Hall–Kier alpha value is -2.67. The SMILES string of the molecule is CC(C)CN1C[C@H](OCc2ccccc2)CN(C(=O)CCc2cnn(C)c2)CC1=O. The van der Waals surface area contributed by atoms with Gasteiger partial charge in [0.25, 0.3) is 0 Å². The summed E-state index contributed by atoms with van der Waals surface area (Å²) < 4.78 is 7.88. The molecule has 162 valence electrons. The number of amides is 2. The highest BCUT2D eigenvalue weighted by Gasteiger charge is 2.31. The summed E-state index contributed by atoms with van der Waals surface area (Å²) in [7, 11) is 1.86. The van der Waals surface area contributed by atoms with Gasteiger partial charge < -0.3 is 14.5 Å². The van der Waals surface area contributed by atoms with E-state index in [2.05, 4.69) is 18.9 Å². The molecule has 0 spiro atoms. The number of carbonyl (C=O) groups excluding carboxylic acids is 2. The van der Waals surface area contributed by atoms with Crippen molar-refractivity contribution in [2.24, 2.45) is 13.0 Å². The molecule has 0 N–H and O–H groups in total. The maximum Gasteiger partial charge on any atom is 0.242 e. The zero-order valence-electron chi connectivity index (χ0n) is 18.2. The first-order valence-electron chi connectivity index (χ1n) is 10.6. The highest BCUT2D eigenvalue weighted by molar-refractivity contribution is 5.85. The Balaban J connectivity index is 1.65. The lowest BCUT2D eigenvalue weighted by Gasteiger charge is -2.26. The number of carbonyl (C=O) groups is 2. The van der Waals surface area contributed by atoms with E-state index in [1.165, 1.54) is 0 Å². The molecule has 2 heterocycles. The summed E-state index contributed by atoms with van der Waals surface area (Å²) in [6, 6.07) is 9.97. The minimum atomic E-state index is -0.210. The second-order valence-electron chi connectivity index (χ2n) is 8.41. The van der Waals surface area contributed by atoms with Crippen molar-refractivity contribution in [2.45, 2.75) is 39.4 Å². The third-order valence-electron chi connectivity index (χ3n) is 5.18. The molecule has 0 unspecified atom stereocenters. The van der Waals surface area contributed by atoms with Crippen LogP contribution in [-0.2, 0) is 34.4 Å². The summed E-state index contributed by atoms with van der Waals surface area (Å²) in [6.45, 7) is 6.37. The number of benzene rings is 1. The van der Waals surface area contributed by atoms with Crippen LogP contribution in [0.3, 0.4) is 0 Å². The van der Waals surface area contributed by atoms with Crippen molar-refractivity contribution >= 4 is 11.8 Å². The summed E-state index contributed by atoms with van der Waals surface area (Å²) in [4.78, 5) is 29.2. The van der Waals surface area contributed by atoms with Crippen LogP contribution in [0, 0.1) is 5.92 Å². The smallest absolute Gasteiger partial charge is 0.242 e. The number of rotatable bonds is 8. The van der Waals surface area contributed by atoms with Crippen molar-refractivity contribution in [3.05, 3.63) is 53.9 Å². The highest BCUT2D eigenvalue weighted by atomic mass is 16.5. The van der Waals surface area contributed by atoms with Crippen LogP contribution in [0.5, 0.6) is 0 Å². The van der Waals surface area contributed by atoms with Gasteiger partial charge in [-0.2, -0.15) is 5.10 Å². The molecule has 0 aliphatic carbocycles. The minimum Gasteiger partial charge on any atom is -0.370 e. The normalized spacial score (nSPS) is 17.5. The van der Waals surface area contributed by atoms with Crippen LogP contribution < -0.4 is 0 Å². The molecule has 0 radical (unpaired) electrons. The maximum absolute atomic E-state index is 12.9. The van der Waals surface area contributed by atoms with E-state index in [0.717, 1.165) is 11.1 Å². The summed E-state index contributed by atoms with van der Waals surface area (Å²) in [6.07, 6.45) is 4.45. The molecule has 3 rings (SSSR count). The Labute approximate surface area is 178 Å². The largest absolute Gasteiger partial charge is 0.370 e. The predicted molar refractivity (Wildman–Crippen MR) is 115 cm³/mol. The van der Waals surface area contributed by atoms with Gasteiger partial charge in [-0.25, -0.2) is 0 Å². The average Bonchev–Trinajstić information content (AvgIpc) is 3.07. The van der Waals surface area contributed by atoms with Gasteiger partial charge in [0.15, 0.2) is 0 Å². The fraction of sp³-hybridized carbons (Fsp3) is 0.522. The van der Waals surface area contributed by atoms with E-state index in [1.54, 1.807) is 15.8 Å². The monoisotopic (exact) mass is 412 g/mol. The Morgan fingerprint density at radius 1 is 1.20 bits per heavy atom. The number of nitrogens with zero attached hydrogens (tertiary/aromatic N) is 4. The molecule has 7 heteroatoms. The molecule has 30 heavy (non-hydrogen) atoms. The second-order valence-corrected chi connectivity index (χ2v) is 8.41. The van der Waals surface area contributed by atoms with E-state index in [9.17, 15) is 9.59 Å². The van der Waals surface area contributed by atoms with E-state index >= 15 is 0 Å². The first-order chi connectivity index (χ1) is 14.4. The van der Waals surface area contributed by atoms with E-state index in [-0.39, 0.29) is 24.5 Å². The summed E-state index contributed by atoms with van der Waals surface area (Å²) in [5.41, 5.74) is 2.10. The third kappa shape index (κ3) is 6.42. The van der Waals surface area contributed by atoms with Gasteiger partial charge in [0.05, 0.1) is 25.5 Å². The summed E-state index contributed by atoms with van der Waals surface area (Å²) in [5, 5.41) is 4.15. The molecule has 2 aromatic rings. The molecule has 1 saturated heterocycles. The standard InChI is InChI=1S/C23H32N4O3/c1-18(2)12-26-14-21(30-17-19-7-5-4-6-8-19)15-27(16-23(26)29)22(28)10-9-20-11-24-25(3)13-20/h4-8,11,13,18,21H,9-10,12,14-17H2,1-3H3/t21-/m0/s1. The zero-order chi connectivity index (χ0) is 21.5. The van der Waals surface area contributed by atoms with Crippen LogP contribution in [0.25, 0.3) is 0 Å². The minimum absolute atomic E-state index is 0.00996. The van der Waals surface area contributed by atoms with E-state index in [1.807, 2.05) is 48.5 Å². The lowest BCUT2D eigenvalue weighted by atomic mass is 10.2. The van der Waals surface area contributed by atoms with Crippen molar-refractivity contribution in [3.63, 3.8) is 0 Å². The molecule has 1 aliphatic rings.